The molecule has 2 N–H and O–H groups in total. The second kappa shape index (κ2) is 6.12. The minimum atomic E-state index is -0.387. The molecule has 0 aromatic heterocycles. The molecule has 2 aromatic rings. The molecular formula is C14H12BrF2NO. The van der Waals surface area contributed by atoms with Crippen LogP contribution in [0.25, 0.3) is 0 Å². The van der Waals surface area contributed by atoms with Gasteiger partial charge in [0, 0.05) is 5.69 Å². The van der Waals surface area contributed by atoms with Gasteiger partial charge in [0.2, 0.25) is 0 Å². The summed E-state index contributed by atoms with van der Waals surface area (Å²) in [6, 6.07) is 9.96. The van der Waals surface area contributed by atoms with Crippen molar-refractivity contribution in [2.45, 2.75) is 6.04 Å². The Kier molecular flexibility index (Phi) is 4.50. The lowest BCUT2D eigenvalue weighted by molar-refractivity contribution is 0.276. The molecular weight excluding hydrogens is 316 g/mol. The SMILES string of the molecule is OCC(Nc1ccc(F)cc1)c1ccc(F)c(Br)c1. The topological polar surface area (TPSA) is 32.3 Å². The van der Waals surface area contributed by atoms with Crippen LogP contribution < -0.4 is 5.32 Å². The Morgan fingerprint density at radius 2 is 1.79 bits per heavy atom. The van der Waals surface area contributed by atoms with Crippen LogP contribution in [0.3, 0.4) is 0 Å². The van der Waals surface area contributed by atoms with Gasteiger partial charge in [-0.15, -0.1) is 0 Å². The molecule has 0 aliphatic heterocycles. The molecule has 0 spiro atoms. The highest BCUT2D eigenvalue weighted by atomic mass is 79.9. The lowest BCUT2D eigenvalue weighted by Gasteiger charge is -2.18. The molecule has 0 fully saturated rings. The summed E-state index contributed by atoms with van der Waals surface area (Å²) in [6.45, 7) is -0.157. The van der Waals surface area contributed by atoms with Crippen LogP contribution in [-0.4, -0.2) is 11.7 Å². The summed E-state index contributed by atoms with van der Waals surface area (Å²) >= 11 is 3.10. The zero-order valence-electron chi connectivity index (χ0n) is 9.91. The fourth-order valence-corrected chi connectivity index (χ4v) is 2.11. The lowest BCUT2D eigenvalue weighted by atomic mass is 10.1. The molecule has 0 saturated heterocycles. The molecule has 0 saturated carbocycles. The van der Waals surface area contributed by atoms with Crippen molar-refractivity contribution in [3.05, 3.63) is 64.1 Å². The van der Waals surface area contributed by atoms with Crippen molar-refractivity contribution in [2.24, 2.45) is 0 Å². The van der Waals surface area contributed by atoms with Gasteiger partial charge in [0.05, 0.1) is 17.1 Å². The molecule has 1 atom stereocenters. The summed E-state index contributed by atoms with van der Waals surface area (Å²) in [7, 11) is 0. The first kappa shape index (κ1) is 14.0. The van der Waals surface area contributed by atoms with Crippen LogP contribution in [-0.2, 0) is 0 Å². The minimum absolute atomic E-state index is 0.157. The van der Waals surface area contributed by atoms with Crippen molar-refractivity contribution in [3.8, 4) is 0 Å². The van der Waals surface area contributed by atoms with E-state index in [0.717, 1.165) is 5.56 Å². The van der Waals surface area contributed by atoms with Gasteiger partial charge in [-0.25, -0.2) is 8.78 Å². The monoisotopic (exact) mass is 327 g/mol. The van der Waals surface area contributed by atoms with Gasteiger partial charge in [-0.05, 0) is 57.9 Å². The van der Waals surface area contributed by atoms with Crippen molar-refractivity contribution in [1.82, 2.24) is 0 Å². The highest BCUT2D eigenvalue weighted by molar-refractivity contribution is 9.10. The molecule has 5 heteroatoms. The molecule has 0 amide bonds. The third kappa shape index (κ3) is 3.52. The first-order valence-electron chi connectivity index (χ1n) is 5.68. The van der Waals surface area contributed by atoms with E-state index in [9.17, 15) is 13.9 Å². The van der Waals surface area contributed by atoms with Gasteiger partial charge in [-0.2, -0.15) is 0 Å². The molecule has 0 radical (unpaired) electrons. The maximum absolute atomic E-state index is 13.2. The predicted octanol–water partition coefficient (Wildman–Crippen LogP) is 3.87. The molecule has 2 rings (SSSR count). The zero-order valence-corrected chi connectivity index (χ0v) is 11.5. The van der Waals surface area contributed by atoms with E-state index in [1.54, 1.807) is 24.3 Å². The van der Waals surface area contributed by atoms with Crippen molar-refractivity contribution >= 4 is 21.6 Å². The average Bonchev–Trinajstić information content (AvgIpc) is 2.41. The predicted molar refractivity (Wildman–Crippen MR) is 73.9 cm³/mol. The first-order chi connectivity index (χ1) is 9.10. The molecule has 19 heavy (non-hydrogen) atoms. The standard InChI is InChI=1S/C14H12BrF2NO/c15-12-7-9(1-6-13(12)17)14(8-19)18-11-4-2-10(16)3-5-11/h1-7,14,18-19H,8H2. The van der Waals surface area contributed by atoms with E-state index in [2.05, 4.69) is 21.2 Å². The van der Waals surface area contributed by atoms with E-state index in [1.165, 1.54) is 18.2 Å². The van der Waals surface area contributed by atoms with Crippen molar-refractivity contribution in [1.29, 1.82) is 0 Å². The Hall–Kier alpha value is -1.46. The zero-order chi connectivity index (χ0) is 13.8. The van der Waals surface area contributed by atoms with Crippen molar-refractivity contribution in [3.63, 3.8) is 0 Å². The third-order valence-corrected chi connectivity index (χ3v) is 3.32. The van der Waals surface area contributed by atoms with E-state index in [-0.39, 0.29) is 24.3 Å². The number of aliphatic hydroxyl groups excluding tert-OH is 1. The van der Waals surface area contributed by atoms with Gasteiger partial charge < -0.3 is 10.4 Å². The van der Waals surface area contributed by atoms with E-state index in [4.69, 9.17) is 0 Å². The largest absolute Gasteiger partial charge is 0.394 e. The van der Waals surface area contributed by atoms with Crippen LogP contribution >= 0.6 is 15.9 Å². The Bertz CT molecular complexity index is 560. The summed E-state index contributed by atoms with van der Waals surface area (Å²) in [6.07, 6.45) is 0. The lowest BCUT2D eigenvalue weighted by Crippen LogP contribution is -2.15. The Labute approximate surface area is 118 Å². The maximum atomic E-state index is 13.2. The number of anilines is 1. The molecule has 1 unspecified atom stereocenters. The van der Waals surface area contributed by atoms with Crippen LogP contribution in [0.15, 0.2) is 46.9 Å². The number of halogens is 3. The second-order valence-corrected chi connectivity index (χ2v) is 4.91. The highest BCUT2D eigenvalue weighted by Gasteiger charge is 2.12. The van der Waals surface area contributed by atoms with Crippen LogP contribution in [0.2, 0.25) is 0 Å². The number of benzene rings is 2. The molecule has 0 aliphatic carbocycles. The number of aliphatic hydroxyl groups is 1. The number of rotatable bonds is 4. The van der Waals surface area contributed by atoms with Crippen molar-refractivity contribution in [2.75, 3.05) is 11.9 Å². The van der Waals surface area contributed by atoms with Crippen LogP contribution in [0, 0.1) is 11.6 Å². The van der Waals surface area contributed by atoms with Crippen LogP contribution in [0.5, 0.6) is 0 Å². The van der Waals surface area contributed by atoms with E-state index in [1.807, 2.05) is 0 Å². The summed E-state index contributed by atoms with van der Waals surface area (Å²) in [4.78, 5) is 0. The second-order valence-electron chi connectivity index (χ2n) is 4.06. The van der Waals surface area contributed by atoms with Gasteiger partial charge in [-0.1, -0.05) is 6.07 Å². The Morgan fingerprint density at radius 1 is 1.11 bits per heavy atom. The van der Waals surface area contributed by atoms with Crippen LogP contribution in [0.1, 0.15) is 11.6 Å². The van der Waals surface area contributed by atoms with Crippen LogP contribution in [0.4, 0.5) is 14.5 Å². The van der Waals surface area contributed by atoms with E-state index < -0.39 is 0 Å². The first-order valence-corrected chi connectivity index (χ1v) is 6.47. The quantitative estimate of drug-likeness (QED) is 0.893. The van der Waals surface area contributed by atoms with Gasteiger partial charge in [-0.3, -0.25) is 0 Å². The summed E-state index contributed by atoms with van der Waals surface area (Å²) in [5.41, 5.74) is 1.42. The smallest absolute Gasteiger partial charge is 0.137 e. The molecule has 0 bridgehead atoms. The van der Waals surface area contributed by atoms with Gasteiger partial charge >= 0.3 is 0 Å². The normalized spacial score (nSPS) is 12.2. The number of hydrogen-bond acceptors (Lipinski definition) is 2. The van der Waals surface area contributed by atoms with Gasteiger partial charge in [0.1, 0.15) is 11.6 Å². The molecule has 100 valence electrons. The van der Waals surface area contributed by atoms with Gasteiger partial charge in [0.25, 0.3) is 0 Å². The van der Waals surface area contributed by atoms with Crippen molar-refractivity contribution < 1.29 is 13.9 Å². The minimum Gasteiger partial charge on any atom is -0.394 e. The molecule has 0 heterocycles. The molecule has 2 aromatic carbocycles. The average molecular weight is 328 g/mol. The summed E-state index contributed by atoms with van der Waals surface area (Å²) in [5.74, 6) is -0.683. The van der Waals surface area contributed by atoms with E-state index >= 15 is 0 Å². The Balaban J connectivity index is 2.19. The summed E-state index contributed by atoms with van der Waals surface area (Å²) < 4.78 is 26.3. The number of nitrogens with one attached hydrogen (secondary N) is 1. The third-order valence-electron chi connectivity index (χ3n) is 2.71. The number of hydrogen-bond donors (Lipinski definition) is 2. The van der Waals surface area contributed by atoms with E-state index in [0.29, 0.717) is 10.2 Å². The van der Waals surface area contributed by atoms with Gasteiger partial charge in [0.15, 0.2) is 0 Å². The summed E-state index contributed by atoms with van der Waals surface area (Å²) in [5, 5.41) is 12.5. The fourth-order valence-electron chi connectivity index (χ4n) is 1.71. The molecule has 0 aliphatic rings. The molecule has 2 nitrogen and oxygen atoms in total. The fraction of sp³-hybridized carbons (Fsp3) is 0.143. The Morgan fingerprint density at radius 3 is 2.37 bits per heavy atom. The highest BCUT2D eigenvalue weighted by Crippen LogP contribution is 2.24. The maximum Gasteiger partial charge on any atom is 0.137 e.